The Bertz CT molecular complexity index is 364. The summed E-state index contributed by atoms with van der Waals surface area (Å²) in [6.07, 6.45) is 1.14. The fourth-order valence-electron chi connectivity index (χ4n) is 2.86. The van der Waals surface area contributed by atoms with E-state index in [1.807, 2.05) is 28.5 Å². The third-order valence-electron chi connectivity index (χ3n) is 4.08. The highest BCUT2D eigenvalue weighted by Crippen LogP contribution is 2.26. The Morgan fingerprint density at radius 3 is 2.42 bits per heavy atom. The van der Waals surface area contributed by atoms with E-state index < -0.39 is 5.97 Å². The van der Waals surface area contributed by atoms with Crippen LogP contribution >= 0.6 is 11.8 Å². The van der Waals surface area contributed by atoms with E-state index in [-0.39, 0.29) is 24.0 Å². The number of carbonyl (C=O) groups excluding carboxylic acids is 1. The molecule has 6 heteroatoms. The molecule has 3 unspecified atom stereocenters. The summed E-state index contributed by atoms with van der Waals surface area (Å²) in [6, 6.07) is 0.379. The van der Waals surface area contributed by atoms with Crippen LogP contribution in [0.25, 0.3) is 0 Å². The number of aliphatic carboxylic acids is 1. The summed E-state index contributed by atoms with van der Waals surface area (Å²) in [5.74, 6) is 0.956. The van der Waals surface area contributed by atoms with Crippen molar-refractivity contribution in [3.05, 3.63) is 0 Å². The van der Waals surface area contributed by atoms with Crippen LogP contribution in [-0.2, 0) is 4.79 Å². The maximum Gasteiger partial charge on any atom is 0.320 e. The summed E-state index contributed by atoms with van der Waals surface area (Å²) >= 11 is 1.89. The van der Waals surface area contributed by atoms with Gasteiger partial charge in [0.15, 0.2) is 0 Å². The zero-order valence-corrected chi connectivity index (χ0v) is 12.4. The Labute approximate surface area is 118 Å². The molecule has 0 bridgehead atoms. The van der Waals surface area contributed by atoms with Gasteiger partial charge >= 0.3 is 12.0 Å². The van der Waals surface area contributed by atoms with Crippen LogP contribution in [0.1, 0.15) is 26.7 Å². The van der Waals surface area contributed by atoms with Gasteiger partial charge in [0, 0.05) is 36.7 Å². The minimum atomic E-state index is -0.735. The maximum absolute atomic E-state index is 12.5. The number of urea groups is 1. The predicted octanol–water partition coefficient (Wildman–Crippen LogP) is 1.73. The van der Waals surface area contributed by atoms with Gasteiger partial charge in [-0.3, -0.25) is 4.79 Å². The molecule has 0 spiro atoms. The Morgan fingerprint density at radius 1 is 1.16 bits per heavy atom. The van der Waals surface area contributed by atoms with E-state index in [1.54, 1.807) is 0 Å². The lowest BCUT2D eigenvalue weighted by Gasteiger charge is -2.42. The Balaban J connectivity index is 1.98. The van der Waals surface area contributed by atoms with Gasteiger partial charge in [-0.1, -0.05) is 0 Å². The first-order chi connectivity index (χ1) is 9.00. The van der Waals surface area contributed by atoms with E-state index >= 15 is 0 Å². The molecule has 0 radical (unpaired) electrons. The van der Waals surface area contributed by atoms with E-state index in [4.69, 9.17) is 5.11 Å². The van der Waals surface area contributed by atoms with Crippen molar-refractivity contribution in [2.45, 2.75) is 38.8 Å². The van der Waals surface area contributed by atoms with Crippen molar-refractivity contribution in [1.29, 1.82) is 0 Å². The predicted molar refractivity (Wildman–Crippen MR) is 75.4 cm³/mol. The molecule has 0 aliphatic carbocycles. The number of amides is 2. The van der Waals surface area contributed by atoms with Gasteiger partial charge in [0.1, 0.15) is 0 Å². The molecule has 2 fully saturated rings. The van der Waals surface area contributed by atoms with Crippen LogP contribution in [0.15, 0.2) is 0 Å². The quantitative estimate of drug-likeness (QED) is 0.797. The summed E-state index contributed by atoms with van der Waals surface area (Å²) in [4.78, 5) is 27.4. The summed E-state index contributed by atoms with van der Waals surface area (Å²) < 4.78 is 0. The van der Waals surface area contributed by atoms with Gasteiger partial charge in [-0.25, -0.2) is 4.79 Å². The molecule has 2 aliphatic rings. The Hall–Kier alpha value is -0.910. The average molecular weight is 286 g/mol. The van der Waals surface area contributed by atoms with E-state index in [0.717, 1.165) is 18.1 Å². The largest absolute Gasteiger partial charge is 0.481 e. The molecule has 2 amide bonds. The van der Waals surface area contributed by atoms with Crippen molar-refractivity contribution >= 4 is 23.8 Å². The highest BCUT2D eigenvalue weighted by Gasteiger charge is 2.35. The van der Waals surface area contributed by atoms with Crippen LogP contribution in [0.3, 0.4) is 0 Å². The monoisotopic (exact) mass is 286 g/mol. The molecule has 2 rings (SSSR count). The molecule has 19 heavy (non-hydrogen) atoms. The van der Waals surface area contributed by atoms with Crippen LogP contribution in [0.5, 0.6) is 0 Å². The van der Waals surface area contributed by atoms with Crippen LogP contribution in [0.2, 0.25) is 0 Å². The average Bonchev–Trinajstić information content (AvgIpc) is 2.38. The lowest BCUT2D eigenvalue weighted by atomic mass is 9.92. The van der Waals surface area contributed by atoms with Crippen LogP contribution in [0, 0.1) is 5.92 Å². The van der Waals surface area contributed by atoms with Gasteiger partial charge in [0.2, 0.25) is 0 Å². The summed E-state index contributed by atoms with van der Waals surface area (Å²) in [5.41, 5.74) is 0. The zero-order valence-electron chi connectivity index (χ0n) is 11.5. The first-order valence-corrected chi connectivity index (χ1v) is 8.04. The normalized spacial score (nSPS) is 32.2. The van der Waals surface area contributed by atoms with Crippen molar-refractivity contribution < 1.29 is 14.7 Å². The van der Waals surface area contributed by atoms with Gasteiger partial charge in [-0.2, -0.15) is 11.8 Å². The first kappa shape index (κ1) is 14.5. The number of nitrogens with zero attached hydrogens (tertiary/aromatic N) is 2. The third kappa shape index (κ3) is 3.16. The molecule has 5 nitrogen and oxygen atoms in total. The maximum atomic E-state index is 12.5. The van der Waals surface area contributed by atoms with Gasteiger partial charge in [-0.05, 0) is 26.7 Å². The van der Waals surface area contributed by atoms with E-state index in [9.17, 15) is 9.59 Å². The van der Waals surface area contributed by atoms with Crippen molar-refractivity contribution in [3.8, 4) is 0 Å². The number of rotatable bonds is 1. The molecule has 2 saturated heterocycles. The summed E-state index contributed by atoms with van der Waals surface area (Å²) in [5, 5.41) is 9.06. The molecule has 108 valence electrons. The Morgan fingerprint density at radius 2 is 1.84 bits per heavy atom. The second kappa shape index (κ2) is 6.03. The van der Waals surface area contributed by atoms with Crippen molar-refractivity contribution in [1.82, 2.24) is 9.80 Å². The lowest BCUT2D eigenvalue weighted by Crippen LogP contribution is -2.55. The van der Waals surface area contributed by atoms with Crippen LogP contribution in [0.4, 0.5) is 4.79 Å². The molecular formula is C13H22N2O3S. The lowest BCUT2D eigenvalue weighted by molar-refractivity contribution is -0.143. The highest BCUT2D eigenvalue weighted by atomic mass is 32.2. The molecule has 0 saturated carbocycles. The number of hydrogen-bond donors (Lipinski definition) is 1. The Kier molecular flexibility index (Phi) is 4.60. The number of likely N-dealkylation sites (tertiary alicyclic amines) is 1. The van der Waals surface area contributed by atoms with Gasteiger partial charge in [0.25, 0.3) is 0 Å². The molecule has 0 aromatic carbocycles. The van der Waals surface area contributed by atoms with Gasteiger partial charge < -0.3 is 14.9 Å². The van der Waals surface area contributed by atoms with Crippen LogP contribution in [-0.4, -0.2) is 63.6 Å². The van der Waals surface area contributed by atoms with Crippen LogP contribution < -0.4 is 0 Å². The second-order valence-electron chi connectivity index (χ2n) is 5.50. The molecule has 0 aromatic rings. The van der Waals surface area contributed by atoms with Crippen molar-refractivity contribution in [2.24, 2.45) is 5.92 Å². The highest BCUT2D eigenvalue weighted by molar-refractivity contribution is 7.99. The topological polar surface area (TPSA) is 60.9 Å². The number of hydrogen-bond acceptors (Lipinski definition) is 3. The summed E-state index contributed by atoms with van der Waals surface area (Å²) in [7, 11) is 0. The minimum absolute atomic E-state index is 0.0177. The fourth-order valence-corrected chi connectivity index (χ4v) is 3.87. The molecule has 2 heterocycles. The fraction of sp³-hybridized carbons (Fsp3) is 0.846. The third-order valence-corrected chi connectivity index (χ3v) is 5.27. The number of carbonyl (C=O) groups is 2. The number of carboxylic acids is 1. The molecule has 0 aromatic heterocycles. The molecular weight excluding hydrogens is 264 g/mol. The number of thioether (sulfide) groups is 1. The van der Waals surface area contributed by atoms with E-state index in [2.05, 4.69) is 6.92 Å². The smallest absolute Gasteiger partial charge is 0.320 e. The number of carboxylic acid groups (broad SMARTS) is 1. The molecule has 2 aliphatic heterocycles. The second-order valence-corrected chi connectivity index (χ2v) is 6.65. The van der Waals surface area contributed by atoms with E-state index in [1.165, 1.54) is 0 Å². The summed E-state index contributed by atoms with van der Waals surface area (Å²) in [6.45, 7) is 5.40. The van der Waals surface area contributed by atoms with Crippen molar-refractivity contribution in [3.63, 3.8) is 0 Å². The SMILES string of the molecule is CC1CSCCN1C(=O)N1CCC(C(=O)O)CC1C. The minimum Gasteiger partial charge on any atom is -0.481 e. The van der Waals surface area contributed by atoms with Gasteiger partial charge in [0.05, 0.1) is 5.92 Å². The van der Waals surface area contributed by atoms with Crippen molar-refractivity contribution in [2.75, 3.05) is 24.6 Å². The van der Waals surface area contributed by atoms with E-state index in [0.29, 0.717) is 19.4 Å². The molecule has 3 atom stereocenters. The number of piperidine rings is 1. The standard InChI is InChI=1S/C13H22N2O3S/c1-9-7-11(12(16)17)3-4-14(9)13(18)15-5-6-19-8-10(15)2/h9-11H,3-8H2,1-2H3,(H,16,17). The van der Waals surface area contributed by atoms with Gasteiger partial charge in [-0.15, -0.1) is 0 Å². The zero-order chi connectivity index (χ0) is 14.0. The molecule has 1 N–H and O–H groups in total. The first-order valence-electron chi connectivity index (χ1n) is 6.88.